The molecule has 0 saturated carbocycles. The molecule has 1 aliphatic heterocycles. The molecule has 2 atom stereocenters. The van der Waals surface area contributed by atoms with Crippen molar-refractivity contribution in [3.8, 4) is 0 Å². The molecule has 25 heavy (non-hydrogen) atoms. The molecule has 6 nitrogen and oxygen atoms in total. The Bertz CT molecular complexity index is 756. The van der Waals surface area contributed by atoms with E-state index >= 15 is 0 Å². The van der Waals surface area contributed by atoms with E-state index in [0.29, 0.717) is 19.4 Å². The number of hydrogen-bond acceptors (Lipinski definition) is 4. The van der Waals surface area contributed by atoms with Crippen molar-refractivity contribution in [2.24, 2.45) is 5.92 Å². The lowest BCUT2D eigenvalue weighted by Gasteiger charge is -2.39. The molecule has 0 bridgehead atoms. The summed E-state index contributed by atoms with van der Waals surface area (Å²) in [6.45, 7) is 2.30. The lowest BCUT2D eigenvalue weighted by molar-refractivity contribution is -0.146. The van der Waals surface area contributed by atoms with Crippen molar-refractivity contribution in [3.63, 3.8) is 0 Å². The minimum atomic E-state index is -0.272. The lowest BCUT2D eigenvalue weighted by Crippen LogP contribution is -2.46. The van der Waals surface area contributed by atoms with Crippen LogP contribution in [0.25, 0.3) is 0 Å². The summed E-state index contributed by atoms with van der Waals surface area (Å²) in [7, 11) is 3.54. The number of hydrogen-bond donors (Lipinski definition) is 0. The van der Waals surface area contributed by atoms with Gasteiger partial charge in [0, 0.05) is 32.9 Å². The summed E-state index contributed by atoms with van der Waals surface area (Å²) in [5.41, 5.74) is 0.936. The first-order valence-electron chi connectivity index (χ1n) is 8.43. The van der Waals surface area contributed by atoms with Crippen LogP contribution in [0.15, 0.2) is 41.1 Å². The Balaban J connectivity index is 1.82. The van der Waals surface area contributed by atoms with E-state index in [2.05, 4.69) is 4.98 Å². The highest BCUT2D eigenvalue weighted by atomic mass is 16.3. The van der Waals surface area contributed by atoms with Crippen LogP contribution < -0.4 is 0 Å². The van der Waals surface area contributed by atoms with Gasteiger partial charge in [0.15, 0.2) is 0 Å². The number of aryl methyl sites for hydroxylation is 1. The number of likely N-dealkylation sites (tertiary alicyclic amines) is 1. The molecule has 0 aliphatic carbocycles. The fourth-order valence-electron chi connectivity index (χ4n) is 3.48. The van der Waals surface area contributed by atoms with Crippen LogP contribution in [-0.4, -0.2) is 40.7 Å². The molecule has 1 saturated heterocycles. The Hall–Kier alpha value is -2.63. The van der Waals surface area contributed by atoms with E-state index < -0.39 is 0 Å². The van der Waals surface area contributed by atoms with Crippen LogP contribution in [0.4, 0.5) is 0 Å². The molecule has 0 spiro atoms. The quantitative estimate of drug-likeness (QED) is 0.857. The van der Waals surface area contributed by atoms with E-state index in [-0.39, 0.29) is 23.8 Å². The monoisotopic (exact) mass is 341 g/mol. The number of furan rings is 1. The Morgan fingerprint density at radius 2 is 2.04 bits per heavy atom. The number of rotatable bonds is 4. The average molecular weight is 341 g/mol. The van der Waals surface area contributed by atoms with Gasteiger partial charge in [0.2, 0.25) is 11.8 Å². The summed E-state index contributed by atoms with van der Waals surface area (Å²) in [6.07, 6.45) is 4.33. The number of piperidine rings is 1. The second-order valence-corrected chi connectivity index (χ2v) is 6.58. The largest absolute Gasteiger partial charge is 0.464 e. The third kappa shape index (κ3) is 3.57. The Morgan fingerprint density at radius 1 is 1.32 bits per heavy atom. The van der Waals surface area contributed by atoms with E-state index in [1.165, 1.54) is 0 Å². The van der Waals surface area contributed by atoms with Gasteiger partial charge in [-0.15, -0.1) is 0 Å². The Labute approximate surface area is 147 Å². The van der Waals surface area contributed by atoms with Crippen molar-refractivity contribution in [3.05, 3.63) is 53.7 Å². The predicted molar refractivity (Wildman–Crippen MR) is 92.4 cm³/mol. The summed E-state index contributed by atoms with van der Waals surface area (Å²) in [5, 5.41) is 0. The fourth-order valence-corrected chi connectivity index (χ4v) is 3.48. The van der Waals surface area contributed by atoms with E-state index in [4.69, 9.17) is 4.42 Å². The number of aromatic nitrogens is 1. The summed E-state index contributed by atoms with van der Waals surface area (Å²) >= 11 is 0. The van der Waals surface area contributed by atoms with Crippen LogP contribution in [0.1, 0.15) is 36.0 Å². The number of carbonyl (C=O) groups excluding carboxylic acids is 2. The Kier molecular flexibility index (Phi) is 4.88. The molecule has 2 aromatic rings. The molecule has 3 rings (SSSR count). The molecule has 0 aromatic carbocycles. The van der Waals surface area contributed by atoms with Crippen LogP contribution in [-0.2, 0) is 16.1 Å². The van der Waals surface area contributed by atoms with Crippen molar-refractivity contribution < 1.29 is 14.0 Å². The van der Waals surface area contributed by atoms with Gasteiger partial charge in [-0.05, 0) is 43.2 Å². The summed E-state index contributed by atoms with van der Waals surface area (Å²) < 4.78 is 5.57. The molecule has 2 aromatic heterocycles. The third-order valence-electron chi connectivity index (χ3n) is 4.79. The summed E-state index contributed by atoms with van der Waals surface area (Å²) in [4.78, 5) is 32.7. The maximum absolute atomic E-state index is 13.1. The smallest absolute Gasteiger partial charge is 0.228 e. The van der Waals surface area contributed by atoms with Gasteiger partial charge in [-0.25, -0.2) is 0 Å². The molecule has 6 heteroatoms. The first-order chi connectivity index (χ1) is 12.0. The highest BCUT2D eigenvalue weighted by Crippen LogP contribution is 2.36. The van der Waals surface area contributed by atoms with Crippen molar-refractivity contribution in [2.75, 3.05) is 14.1 Å². The van der Waals surface area contributed by atoms with Gasteiger partial charge >= 0.3 is 0 Å². The Morgan fingerprint density at radius 3 is 2.68 bits per heavy atom. The first kappa shape index (κ1) is 17.2. The number of amides is 2. The van der Waals surface area contributed by atoms with Crippen LogP contribution in [0.5, 0.6) is 0 Å². The van der Waals surface area contributed by atoms with Crippen molar-refractivity contribution >= 4 is 11.8 Å². The molecular weight excluding hydrogens is 318 g/mol. The minimum Gasteiger partial charge on any atom is -0.464 e. The zero-order valence-electron chi connectivity index (χ0n) is 14.8. The van der Waals surface area contributed by atoms with Gasteiger partial charge in [0.05, 0.1) is 18.5 Å². The highest BCUT2D eigenvalue weighted by molar-refractivity contribution is 5.84. The predicted octanol–water partition coefficient (Wildman–Crippen LogP) is 2.55. The van der Waals surface area contributed by atoms with Crippen LogP contribution in [0.2, 0.25) is 0 Å². The molecule has 0 N–H and O–H groups in total. The molecule has 1 aliphatic rings. The van der Waals surface area contributed by atoms with Gasteiger partial charge < -0.3 is 14.2 Å². The van der Waals surface area contributed by atoms with Crippen molar-refractivity contribution in [1.82, 2.24) is 14.8 Å². The van der Waals surface area contributed by atoms with Gasteiger partial charge in [-0.3, -0.25) is 14.6 Å². The minimum absolute atomic E-state index is 0.0233. The number of carbonyl (C=O) groups is 2. The number of pyridine rings is 1. The molecule has 0 radical (unpaired) electrons. The van der Waals surface area contributed by atoms with Gasteiger partial charge in [0.1, 0.15) is 11.5 Å². The maximum Gasteiger partial charge on any atom is 0.228 e. The zero-order chi connectivity index (χ0) is 18.0. The SMILES string of the molecule is Cc1ccc(CN(C)C(=O)[C@H]2CCC(=O)N(C)[C@@H]2c2ccncc2)o1. The lowest BCUT2D eigenvalue weighted by atomic mass is 9.84. The third-order valence-corrected chi connectivity index (χ3v) is 4.79. The summed E-state index contributed by atoms with van der Waals surface area (Å²) in [5.74, 6) is 1.40. The van der Waals surface area contributed by atoms with E-state index in [0.717, 1.165) is 17.1 Å². The molecule has 0 unspecified atom stereocenters. The van der Waals surface area contributed by atoms with E-state index in [1.807, 2.05) is 31.2 Å². The average Bonchev–Trinajstić information content (AvgIpc) is 3.02. The first-order valence-corrected chi connectivity index (χ1v) is 8.43. The normalized spacial score (nSPS) is 20.6. The highest BCUT2D eigenvalue weighted by Gasteiger charge is 2.40. The zero-order valence-corrected chi connectivity index (χ0v) is 14.8. The van der Waals surface area contributed by atoms with E-state index in [9.17, 15) is 9.59 Å². The molecular formula is C19H23N3O3. The van der Waals surface area contributed by atoms with Gasteiger partial charge in [-0.2, -0.15) is 0 Å². The van der Waals surface area contributed by atoms with Crippen molar-refractivity contribution in [2.45, 2.75) is 32.4 Å². The second kappa shape index (κ2) is 7.09. The molecule has 2 amide bonds. The molecule has 1 fully saturated rings. The van der Waals surface area contributed by atoms with Crippen LogP contribution in [0, 0.1) is 12.8 Å². The van der Waals surface area contributed by atoms with Gasteiger partial charge in [-0.1, -0.05) is 0 Å². The van der Waals surface area contributed by atoms with Crippen molar-refractivity contribution in [1.29, 1.82) is 0 Å². The number of nitrogens with zero attached hydrogens (tertiary/aromatic N) is 3. The standard InChI is InChI=1S/C19H23N3O3/c1-13-4-5-15(25-13)12-21(2)19(24)16-6-7-17(23)22(3)18(16)14-8-10-20-11-9-14/h4-5,8-11,16,18H,6-7,12H2,1-3H3/t16-,18+/m0/s1. The second-order valence-electron chi connectivity index (χ2n) is 6.58. The fraction of sp³-hybridized carbons (Fsp3) is 0.421. The van der Waals surface area contributed by atoms with E-state index in [1.54, 1.807) is 36.3 Å². The molecule has 132 valence electrons. The summed E-state index contributed by atoms with van der Waals surface area (Å²) in [6, 6.07) is 7.25. The van der Waals surface area contributed by atoms with Crippen LogP contribution in [0.3, 0.4) is 0 Å². The molecule has 3 heterocycles. The van der Waals surface area contributed by atoms with Crippen LogP contribution >= 0.6 is 0 Å². The van der Waals surface area contributed by atoms with Gasteiger partial charge in [0.25, 0.3) is 0 Å². The topological polar surface area (TPSA) is 66.7 Å². The maximum atomic E-state index is 13.1.